The average molecular weight is 291 g/mol. The van der Waals surface area contributed by atoms with Crippen molar-refractivity contribution >= 4 is 17.0 Å². The molecule has 0 saturated carbocycles. The third kappa shape index (κ3) is 2.38. The smallest absolute Gasteiger partial charge is 0.258 e. The van der Waals surface area contributed by atoms with Crippen LogP contribution >= 0.6 is 0 Å². The number of fused-ring (bicyclic) bond motifs is 1. The van der Waals surface area contributed by atoms with Crippen LogP contribution in [0.2, 0.25) is 0 Å². The molecule has 1 saturated heterocycles. The minimum absolute atomic E-state index is 0.123. The molecule has 0 aromatic carbocycles. The molecule has 0 aliphatic carbocycles. The Labute approximate surface area is 121 Å². The Morgan fingerprint density at radius 3 is 3.10 bits per heavy atom. The molecule has 3 heterocycles. The quantitative estimate of drug-likeness (QED) is 0.875. The van der Waals surface area contributed by atoms with Crippen molar-refractivity contribution in [2.24, 2.45) is 0 Å². The predicted octanol–water partition coefficient (Wildman–Crippen LogP) is 0.673. The summed E-state index contributed by atoms with van der Waals surface area (Å²) in [4.78, 5) is 18.7. The Balaban J connectivity index is 2.06. The van der Waals surface area contributed by atoms with E-state index >= 15 is 0 Å². The predicted molar refractivity (Wildman–Crippen MR) is 74.0 cm³/mol. The van der Waals surface area contributed by atoms with Gasteiger partial charge in [0.25, 0.3) is 11.6 Å². The lowest BCUT2D eigenvalue weighted by molar-refractivity contribution is -0.0183. The molecule has 112 valence electrons. The van der Waals surface area contributed by atoms with E-state index in [0.29, 0.717) is 47.8 Å². The van der Waals surface area contributed by atoms with Gasteiger partial charge in [0.15, 0.2) is 0 Å². The van der Waals surface area contributed by atoms with Gasteiger partial charge in [-0.15, -0.1) is 0 Å². The molecule has 2 aromatic heterocycles. The Morgan fingerprint density at radius 2 is 2.33 bits per heavy atom. The molecule has 7 heteroatoms. The van der Waals surface area contributed by atoms with Crippen LogP contribution in [-0.2, 0) is 4.74 Å². The number of aryl methyl sites for hydroxylation is 2. The van der Waals surface area contributed by atoms with Gasteiger partial charge < -0.3 is 19.3 Å². The minimum Gasteiger partial charge on any atom is -0.394 e. The second-order valence-electron chi connectivity index (χ2n) is 5.17. The molecule has 0 spiro atoms. The number of aliphatic hydroxyl groups excluding tert-OH is 1. The largest absolute Gasteiger partial charge is 0.394 e. The Bertz CT molecular complexity index is 682. The summed E-state index contributed by atoms with van der Waals surface area (Å²) in [6, 6.07) is 1.41. The fraction of sp³-hybridized carbons (Fsp3) is 0.500. The number of ether oxygens (including phenoxy) is 1. The summed E-state index contributed by atoms with van der Waals surface area (Å²) >= 11 is 0. The van der Waals surface area contributed by atoms with E-state index in [0.717, 1.165) is 0 Å². The van der Waals surface area contributed by atoms with Gasteiger partial charge in [0.2, 0.25) is 0 Å². The highest BCUT2D eigenvalue weighted by molar-refractivity contribution is 6.06. The Morgan fingerprint density at radius 1 is 1.52 bits per heavy atom. The molecule has 0 bridgehead atoms. The first-order valence-corrected chi connectivity index (χ1v) is 6.85. The van der Waals surface area contributed by atoms with Crippen LogP contribution in [0.1, 0.15) is 21.7 Å². The van der Waals surface area contributed by atoms with Crippen molar-refractivity contribution < 1.29 is 19.2 Å². The van der Waals surface area contributed by atoms with Crippen molar-refractivity contribution in [2.75, 3.05) is 26.4 Å². The highest BCUT2D eigenvalue weighted by Crippen LogP contribution is 2.24. The van der Waals surface area contributed by atoms with Gasteiger partial charge in [-0.2, -0.15) is 0 Å². The number of aromatic nitrogens is 2. The monoisotopic (exact) mass is 291 g/mol. The van der Waals surface area contributed by atoms with Gasteiger partial charge in [-0.05, 0) is 19.9 Å². The zero-order valence-electron chi connectivity index (χ0n) is 12.0. The van der Waals surface area contributed by atoms with Gasteiger partial charge in [0.1, 0.15) is 0 Å². The van der Waals surface area contributed by atoms with E-state index in [2.05, 4.69) is 10.1 Å². The topological polar surface area (TPSA) is 88.7 Å². The van der Waals surface area contributed by atoms with E-state index in [-0.39, 0.29) is 18.6 Å². The molecule has 1 aliphatic rings. The number of carbonyl (C=O) groups is 1. The summed E-state index contributed by atoms with van der Waals surface area (Å²) in [6.07, 6.45) is 0. The average Bonchev–Trinajstić information content (AvgIpc) is 2.86. The van der Waals surface area contributed by atoms with E-state index in [1.165, 1.54) is 0 Å². The third-order valence-electron chi connectivity index (χ3n) is 3.67. The first-order valence-electron chi connectivity index (χ1n) is 6.85. The minimum atomic E-state index is -0.324. The van der Waals surface area contributed by atoms with Crippen molar-refractivity contribution in [3.05, 3.63) is 23.0 Å². The fourth-order valence-electron chi connectivity index (χ4n) is 2.61. The van der Waals surface area contributed by atoms with Crippen LogP contribution in [0.5, 0.6) is 0 Å². The summed E-state index contributed by atoms with van der Waals surface area (Å²) in [5.74, 6) is -0.154. The first-order chi connectivity index (χ1) is 10.1. The number of amides is 1. The molecule has 1 atom stereocenters. The molecule has 1 aliphatic heterocycles. The molecule has 7 nitrogen and oxygen atoms in total. The lowest BCUT2D eigenvalue weighted by atomic mass is 10.1. The molecular formula is C14H17N3O4. The maximum Gasteiger partial charge on any atom is 0.258 e. The van der Waals surface area contributed by atoms with E-state index in [4.69, 9.17) is 9.26 Å². The van der Waals surface area contributed by atoms with Crippen LogP contribution in [0.25, 0.3) is 11.1 Å². The van der Waals surface area contributed by atoms with Crippen LogP contribution in [0.4, 0.5) is 0 Å². The van der Waals surface area contributed by atoms with Crippen molar-refractivity contribution in [1.82, 2.24) is 15.0 Å². The Kier molecular flexibility index (Phi) is 3.60. The van der Waals surface area contributed by atoms with Crippen LogP contribution < -0.4 is 0 Å². The van der Waals surface area contributed by atoms with Crippen LogP contribution in [0.3, 0.4) is 0 Å². The van der Waals surface area contributed by atoms with Gasteiger partial charge in [0.05, 0.1) is 42.5 Å². The van der Waals surface area contributed by atoms with Gasteiger partial charge in [-0.3, -0.25) is 4.79 Å². The van der Waals surface area contributed by atoms with E-state index in [9.17, 15) is 9.90 Å². The number of nitrogens with zero attached hydrogens (tertiary/aromatic N) is 3. The zero-order valence-corrected chi connectivity index (χ0v) is 12.0. The summed E-state index contributed by atoms with van der Waals surface area (Å²) < 4.78 is 10.5. The van der Waals surface area contributed by atoms with Crippen molar-refractivity contribution in [3.8, 4) is 0 Å². The molecule has 0 radical (unpaired) electrons. The van der Waals surface area contributed by atoms with Crippen molar-refractivity contribution in [2.45, 2.75) is 19.9 Å². The second kappa shape index (κ2) is 5.42. The van der Waals surface area contributed by atoms with Crippen molar-refractivity contribution in [3.63, 3.8) is 0 Å². The number of hydrogen-bond acceptors (Lipinski definition) is 6. The number of aliphatic hydroxyl groups is 1. The highest BCUT2D eigenvalue weighted by atomic mass is 16.5. The number of rotatable bonds is 2. The second-order valence-corrected chi connectivity index (χ2v) is 5.17. The zero-order chi connectivity index (χ0) is 15.0. The standard InChI is InChI=1S/C14H17N3O4/c1-8-5-11(12-9(2)16-21-13(12)15-8)14(19)17-3-4-20-7-10(17)6-18/h5,10,18H,3-4,6-7H2,1-2H3. The lowest BCUT2D eigenvalue weighted by Crippen LogP contribution is -2.50. The first kappa shape index (κ1) is 14.0. The van der Waals surface area contributed by atoms with Crippen LogP contribution in [0, 0.1) is 13.8 Å². The summed E-state index contributed by atoms with van der Waals surface area (Å²) in [6.45, 7) is 4.73. The van der Waals surface area contributed by atoms with Gasteiger partial charge in [-0.1, -0.05) is 5.16 Å². The molecule has 1 amide bonds. The van der Waals surface area contributed by atoms with E-state index in [1.54, 1.807) is 24.8 Å². The summed E-state index contributed by atoms with van der Waals surface area (Å²) in [5, 5.41) is 13.9. The fourth-order valence-corrected chi connectivity index (χ4v) is 2.61. The molecule has 1 N–H and O–H groups in total. The van der Waals surface area contributed by atoms with Gasteiger partial charge >= 0.3 is 0 Å². The molecule has 3 rings (SSSR count). The van der Waals surface area contributed by atoms with Crippen molar-refractivity contribution in [1.29, 1.82) is 0 Å². The lowest BCUT2D eigenvalue weighted by Gasteiger charge is -2.34. The SMILES string of the molecule is Cc1cc(C(=O)N2CCOCC2CO)c2c(C)noc2n1. The molecule has 1 fully saturated rings. The normalized spacial score (nSPS) is 19.2. The van der Waals surface area contributed by atoms with Crippen LogP contribution in [0.15, 0.2) is 10.6 Å². The number of hydrogen-bond donors (Lipinski definition) is 1. The van der Waals surface area contributed by atoms with Gasteiger partial charge in [0, 0.05) is 12.2 Å². The maximum absolute atomic E-state index is 12.8. The Hall–Kier alpha value is -1.99. The number of carbonyl (C=O) groups excluding carboxylic acids is 1. The molecule has 1 unspecified atom stereocenters. The van der Waals surface area contributed by atoms with E-state index < -0.39 is 0 Å². The summed E-state index contributed by atoms with van der Waals surface area (Å²) in [7, 11) is 0. The molecule has 2 aromatic rings. The number of morpholine rings is 1. The van der Waals surface area contributed by atoms with E-state index in [1.807, 2.05) is 0 Å². The molecular weight excluding hydrogens is 274 g/mol. The summed E-state index contributed by atoms with van der Waals surface area (Å²) in [5.41, 5.74) is 2.20. The maximum atomic E-state index is 12.8. The van der Waals surface area contributed by atoms with Crippen LogP contribution in [-0.4, -0.2) is 58.5 Å². The number of pyridine rings is 1. The third-order valence-corrected chi connectivity index (χ3v) is 3.67. The van der Waals surface area contributed by atoms with Gasteiger partial charge in [-0.25, -0.2) is 4.98 Å². The highest BCUT2D eigenvalue weighted by Gasteiger charge is 2.30. The molecule has 21 heavy (non-hydrogen) atoms.